The molecule has 20 heavy (non-hydrogen) atoms. The molecule has 7 heteroatoms. The van der Waals surface area contributed by atoms with Gasteiger partial charge in [-0.1, -0.05) is 0 Å². The molecule has 1 aromatic heterocycles. The molecule has 1 unspecified atom stereocenters. The molecule has 0 aliphatic carbocycles. The summed E-state index contributed by atoms with van der Waals surface area (Å²) in [6.45, 7) is 7.81. The van der Waals surface area contributed by atoms with E-state index < -0.39 is 24.3 Å². The van der Waals surface area contributed by atoms with Crippen LogP contribution < -0.4 is 0 Å². The largest absolute Gasteiger partial charge is 0.481 e. The van der Waals surface area contributed by atoms with Crippen LogP contribution in [0.5, 0.6) is 0 Å². The highest BCUT2D eigenvalue weighted by molar-refractivity contribution is 6.48. The molecule has 0 radical (unpaired) electrons. The standard InChI is InChI=1S/C13H21BN2O4/c1-12(2)13(3,4)20-14(19-12)10(6-11(17)18)9-7-15-16(5)8-9/h7-8,10H,6H2,1-5H3,(H,17,18). The van der Waals surface area contributed by atoms with Gasteiger partial charge in [-0.15, -0.1) is 0 Å². The van der Waals surface area contributed by atoms with Crippen molar-refractivity contribution in [3.05, 3.63) is 18.0 Å². The smallest absolute Gasteiger partial charge is 0.466 e. The summed E-state index contributed by atoms with van der Waals surface area (Å²) in [4.78, 5) is 11.1. The lowest BCUT2D eigenvalue weighted by Crippen LogP contribution is -2.41. The molecular weight excluding hydrogens is 259 g/mol. The van der Waals surface area contributed by atoms with Crippen LogP contribution in [0.15, 0.2) is 12.4 Å². The molecule has 0 bridgehead atoms. The highest BCUT2D eigenvalue weighted by atomic mass is 16.7. The van der Waals surface area contributed by atoms with Gasteiger partial charge in [0.1, 0.15) is 0 Å². The first kappa shape index (κ1) is 15.1. The van der Waals surface area contributed by atoms with Crippen LogP contribution >= 0.6 is 0 Å². The third kappa shape index (κ3) is 2.74. The van der Waals surface area contributed by atoms with Crippen LogP contribution in [0.4, 0.5) is 0 Å². The first-order valence-corrected chi connectivity index (χ1v) is 6.68. The molecule has 110 valence electrons. The summed E-state index contributed by atoms with van der Waals surface area (Å²) < 4.78 is 13.6. The zero-order chi connectivity index (χ0) is 15.1. The number of hydrogen-bond acceptors (Lipinski definition) is 4. The fourth-order valence-corrected chi connectivity index (χ4v) is 2.24. The van der Waals surface area contributed by atoms with Gasteiger partial charge in [0, 0.05) is 19.1 Å². The molecular formula is C13H21BN2O4. The van der Waals surface area contributed by atoms with Crippen molar-refractivity contribution in [3.63, 3.8) is 0 Å². The lowest BCUT2D eigenvalue weighted by atomic mass is 9.67. The topological polar surface area (TPSA) is 73.6 Å². The Balaban J connectivity index is 2.27. The predicted octanol–water partition coefficient (Wildman–Crippen LogP) is 1.61. The molecule has 1 saturated heterocycles. The number of hydrogen-bond donors (Lipinski definition) is 1. The van der Waals surface area contributed by atoms with Crippen molar-refractivity contribution in [2.24, 2.45) is 7.05 Å². The van der Waals surface area contributed by atoms with Gasteiger partial charge in [-0.25, -0.2) is 0 Å². The molecule has 6 nitrogen and oxygen atoms in total. The van der Waals surface area contributed by atoms with Crippen LogP contribution in [0.25, 0.3) is 0 Å². The van der Waals surface area contributed by atoms with Gasteiger partial charge < -0.3 is 14.4 Å². The monoisotopic (exact) mass is 280 g/mol. The second-order valence-electron chi connectivity index (χ2n) is 6.28. The second-order valence-corrected chi connectivity index (χ2v) is 6.28. The van der Waals surface area contributed by atoms with Crippen molar-refractivity contribution in [2.75, 3.05) is 0 Å². The van der Waals surface area contributed by atoms with Crippen LogP contribution in [0.3, 0.4) is 0 Å². The van der Waals surface area contributed by atoms with E-state index in [1.807, 2.05) is 27.7 Å². The first-order valence-electron chi connectivity index (χ1n) is 6.68. The maximum Gasteiger partial charge on any atom is 0.466 e. The van der Waals surface area contributed by atoms with Crippen LogP contribution in [-0.4, -0.2) is 39.2 Å². The van der Waals surface area contributed by atoms with Crippen molar-refractivity contribution in [1.82, 2.24) is 9.78 Å². The number of aryl methyl sites for hydroxylation is 1. The summed E-state index contributed by atoms with van der Waals surface area (Å²) in [7, 11) is 1.21. The van der Waals surface area contributed by atoms with E-state index in [4.69, 9.17) is 14.4 Å². The number of aliphatic carboxylic acids is 1. The van der Waals surface area contributed by atoms with Crippen molar-refractivity contribution >= 4 is 13.1 Å². The average molecular weight is 280 g/mol. The first-order chi connectivity index (χ1) is 9.12. The Morgan fingerprint density at radius 1 is 1.40 bits per heavy atom. The summed E-state index contributed by atoms with van der Waals surface area (Å²) in [6.07, 6.45) is 3.42. The van der Waals surface area contributed by atoms with Gasteiger partial charge >= 0.3 is 13.1 Å². The quantitative estimate of drug-likeness (QED) is 0.848. The van der Waals surface area contributed by atoms with Crippen LogP contribution in [-0.2, 0) is 21.2 Å². The Hall–Kier alpha value is -1.34. The average Bonchev–Trinajstić information content (AvgIpc) is 2.78. The lowest BCUT2D eigenvalue weighted by molar-refractivity contribution is -0.137. The number of carbonyl (C=O) groups is 1. The maximum absolute atomic E-state index is 11.1. The van der Waals surface area contributed by atoms with E-state index in [0.29, 0.717) is 0 Å². The van der Waals surface area contributed by atoms with E-state index in [0.717, 1.165) is 5.56 Å². The summed E-state index contributed by atoms with van der Waals surface area (Å²) >= 11 is 0. The normalized spacial score (nSPS) is 21.9. The molecule has 2 heterocycles. The zero-order valence-corrected chi connectivity index (χ0v) is 12.6. The van der Waals surface area contributed by atoms with Gasteiger partial charge in [-0.05, 0) is 33.3 Å². The second kappa shape index (κ2) is 4.89. The van der Waals surface area contributed by atoms with Crippen molar-refractivity contribution in [3.8, 4) is 0 Å². The Morgan fingerprint density at radius 3 is 2.35 bits per heavy atom. The molecule has 0 spiro atoms. The molecule has 1 aromatic rings. The van der Waals surface area contributed by atoms with Gasteiger partial charge in [0.25, 0.3) is 0 Å². The van der Waals surface area contributed by atoms with Gasteiger partial charge in [0.2, 0.25) is 0 Å². The Kier molecular flexibility index (Phi) is 3.68. The number of aromatic nitrogens is 2. The van der Waals surface area contributed by atoms with E-state index in [1.54, 1.807) is 24.1 Å². The fourth-order valence-electron chi connectivity index (χ4n) is 2.24. The van der Waals surface area contributed by atoms with Gasteiger partial charge in [0.15, 0.2) is 0 Å². The molecule has 0 aromatic carbocycles. The highest BCUT2D eigenvalue weighted by Gasteiger charge is 2.54. The van der Waals surface area contributed by atoms with Crippen molar-refractivity contribution < 1.29 is 19.2 Å². The van der Waals surface area contributed by atoms with E-state index >= 15 is 0 Å². The third-order valence-electron chi connectivity index (χ3n) is 4.15. The Labute approximate surface area is 119 Å². The van der Waals surface area contributed by atoms with E-state index in [1.165, 1.54) is 0 Å². The fraction of sp³-hybridized carbons (Fsp3) is 0.692. The molecule has 0 saturated carbocycles. The minimum Gasteiger partial charge on any atom is -0.481 e. The highest BCUT2D eigenvalue weighted by Crippen LogP contribution is 2.41. The van der Waals surface area contributed by atoms with E-state index in [2.05, 4.69) is 5.10 Å². The molecule has 1 aliphatic rings. The zero-order valence-electron chi connectivity index (χ0n) is 12.6. The third-order valence-corrected chi connectivity index (χ3v) is 4.15. The summed E-state index contributed by atoms with van der Waals surface area (Å²) in [5.41, 5.74) is -0.138. The van der Waals surface area contributed by atoms with Crippen LogP contribution in [0.1, 0.15) is 45.5 Å². The number of carboxylic acids is 1. The predicted molar refractivity (Wildman–Crippen MR) is 74.3 cm³/mol. The maximum atomic E-state index is 11.1. The Morgan fingerprint density at radius 2 is 1.95 bits per heavy atom. The van der Waals surface area contributed by atoms with Crippen molar-refractivity contribution in [2.45, 2.75) is 51.1 Å². The molecule has 1 fully saturated rings. The molecule has 1 N–H and O–H groups in total. The molecule has 1 atom stereocenters. The van der Waals surface area contributed by atoms with Gasteiger partial charge in [0.05, 0.1) is 23.8 Å². The van der Waals surface area contributed by atoms with Crippen LogP contribution in [0.2, 0.25) is 0 Å². The SMILES string of the molecule is Cn1cc(C(CC(=O)O)B2OC(C)(C)C(C)(C)O2)cn1. The lowest BCUT2D eigenvalue weighted by Gasteiger charge is -2.32. The molecule has 0 amide bonds. The van der Waals surface area contributed by atoms with Gasteiger partial charge in [-0.3, -0.25) is 9.48 Å². The van der Waals surface area contributed by atoms with Crippen molar-refractivity contribution in [1.29, 1.82) is 0 Å². The number of rotatable bonds is 4. The van der Waals surface area contributed by atoms with E-state index in [-0.39, 0.29) is 12.2 Å². The van der Waals surface area contributed by atoms with E-state index in [9.17, 15) is 4.79 Å². The van der Waals surface area contributed by atoms with Gasteiger partial charge in [-0.2, -0.15) is 5.10 Å². The summed E-state index contributed by atoms with van der Waals surface area (Å²) in [5, 5.41) is 13.2. The summed E-state index contributed by atoms with van der Waals surface area (Å²) in [5.74, 6) is -1.25. The molecule has 1 aliphatic heterocycles. The number of carboxylic acid groups (broad SMARTS) is 1. The minimum absolute atomic E-state index is 0.0531. The Bertz CT molecular complexity index is 496. The number of nitrogens with zero attached hydrogens (tertiary/aromatic N) is 2. The minimum atomic E-state index is -0.881. The van der Waals surface area contributed by atoms with Crippen LogP contribution in [0, 0.1) is 0 Å². The molecule has 2 rings (SSSR count). The summed E-state index contributed by atoms with van der Waals surface area (Å²) in [6, 6.07) is 0.